The quantitative estimate of drug-likeness (QED) is 0.609. The molecule has 0 atom stereocenters. The summed E-state index contributed by atoms with van der Waals surface area (Å²) in [5, 5.41) is 9.31. The molecule has 0 N–H and O–H groups in total. The number of rotatable bonds is 3. The average molecular weight is 327 g/mol. The van der Waals surface area contributed by atoms with E-state index in [1.165, 1.54) is 0 Å². The van der Waals surface area contributed by atoms with E-state index in [0.717, 1.165) is 21.3 Å². The van der Waals surface area contributed by atoms with Crippen molar-refractivity contribution in [3.05, 3.63) is 64.1 Å². The highest BCUT2D eigenvalue weighted by Crippen LogP contribution is 2.21. The fraction of sp³-hybridized carbons (Fsp3) is 0.118. The molecule has 0 aromatic heterocycles. The minimum Gasteiger partial charge on any atom is -0.378 e. The lowest BCUT2D eigenvalue weighted by atomic mass is 10.0. The van der Waals surface area contributed by atoms with Crippen molar-refractivity contribution in [1.82, 2.24) is 0 Å². The molecule has 0 heterocycles. The summed E-state index contributed by atoms with van der Waals surface area (Å²) in [4.78, 5) is 2.05. The highest BCUT2D eigenvalue weighted by molar-refractivity contribution is 9.10. The van der Waals surface area contributed by atoms with Crippen LogP contribution in [0.5, 0.6) is 0 Å². The van der Waals surface area contributed by atoms with Gasteiger partial charge in [0.25, 0.3) is 0 Å². The van der Waals surface area contributed by atoms with Crippen molar-refractivity contribution in [1.29, 1.82) is 5.26 Å². The summed E-state index contributed by atoms with van der Waals surface area (Å²) < 4.78 is 1.01. The van der Waals surface area contributed by atoms with Crippen LogP contribution in [0.2, 0.25) is 0 Å². The molecule has 2 aromatic carbocycles. The Hall–Kier alpha value is -2.05. The number of nitriles is 1. The molecule has 2 rings (SSSR count). The van der Waals surface area contributed by atoms with Crippen LogP contribution in [0, 0.1) is 11.3 Å². The SMILES string of the molecule is CN(C)c1ccc(C=C(C#N)c2ccc(Br)cc2)cc1. The summed E-state index contributed by atoms with van der Waals surface area (Å²) in [7, 11) is 4.01. The maximum atomic E-state index is 9.31. The fourth-order valence-electron chi connectivity index (χ4n) is 1.84. The molecule has 2 aromatic rings. The average Bonchev–Trinajstić information content (AvgIpc) is 2.46. The van der Waals surface area contributed by atoms with Gasteiger partial charge in [-0.3, -0.25) is 0 Å². The third-order valence-corrected chi connectivity index (χ3v) is 3.52. The van der Waals surface area contributed by atoms with E-state index in [-0.39, 0.29) is 0 Å². The van der Waals surface area contributed by atoms with E-state index in [4.69, 9.17) is 0 Å². The molecule has 3 heteroatoms. The second-order valence-electron chi connectivity index (χ2n) is 4.66. The molecule has 0 aliphatic carbocycles. The second-order valence-corrected chi connectivity index (χ2v) is 5.58. The zero-order valence-corrected chi connectivity index (χ0v) is 13.1. The van der Waals surface area contributed by atoms with Crippen LogP contribution in [0.15, 0.2) is 53.0 Å². The molecule has 100 valence electrons. The third-order valence-electron chi connectivity index (χ3n) is 3.00. The van der Waals surface area contributed by atoms with Crippen molar-refractivity contribution in [2.45, 2.75) is 0 Å². The van der Waals surface area contributed by atoms with Crippen molar-refractivity contribution in [3.63, 3.8) is 0 Å². The van der Waals surface area contributed by atoms with E-state index in [9.17, 15) is 5.26 Å². The number of hydrogen-bond acceptors (Lipinski definition) is 2. The Kier molecular flexibility index (Phi) is 4.60. The lowest BCUT2D eigenvalue weighted by Gasteiger charge is -2.11. The Morgan fingerprint density at radius 2 is 1.65 bits per heavy atom. The molecule has 0 radical (unpaired) electrons. The van der Waals surface area contributed by atoms with E-state index in [1.54, 1.807) is 0 Å². The van der Waals surface area contributed by atoms with Crippen molar-refractivity contribution in [2.24, 2.45) is 0 Å². The lowest BCUT2D eigenvalue weighted by molar-refractivity contribution is 1.13. The van der Waals surface area contributed by atoms with Crippen molar-refractivity contribution in [2.75, 3.05) is 19.0 Å². The summed E-state index contributed by atoms with van der Waals surface area (Å²) in [5.74, 6) is 0. The van der Waals surface area contributed by atoms with Gasteiger partial charge >= 0.3 is 0 Å². The first-order valence-corrected chi connectivity index (χ1v) is 7.04. The Morgan fingerprint density at radius 3 is 2.15 bits per heavy atom. The monoisotopic (exact) mass is 326 g/mol. The van der Waals surface area contributed by atoms with Gasteiger partial charge in [0.2, 0.25) is 0 Å². The van der Waals surface area contributed by atoms with E-state index >= 15 is 0 Å². The zero-order chi connectivity index (χ0) is 14.5. The fourth-order valence-corrected chi connectivity index (χ4v) is 2.11. The van der Waals surface area contributed by atoms with E-state index in [1.807, 2.05) is 73.6 Å². The van der Waals surface area contributed by atoms with Gasteiger partial charge in [-0.05, 0) is 41.5 Å². The lowest BCUT2D eigenvalue weighted by Crippen LogP contribution is -2.07. The van der Waals surface area contributed by atoms with Crippen molar-refractivity contribution < 1.29 is 0 Å². The van der Waals surface area contributed by atoms with Gasteiger partial charge in [0, 0.05) is 24.3 Å². The molecular formula is C17H15BrN2. The van der Waals surface area contributed by atoms with E-state index < -0.39 is 0 Å². The van der Waals surface area contributed by atoms with E-state index in [0.29, 0.717) is 5.57 Å². The minimum atomic E-state index is 0.662. The number of nitrogens with zero attached hydrogens (tertiary/aromatic N) is 2. The topological polar surface area (TPSA) is 27.0 Å². The molecule has 0 aliphatic heterocycles. The molecule has 2 nitrogen and oxygen atoms in total. The summed E-state index contributed by atoms with van der Waals surface area (Å²) in [5.41, 5.74) is 3.75. The zero-order valence-electron chi connectivity index (χ0n) is 11.5. The molecule has 0 spiro atoms. The number of anilines is 1. The number of halogens is 1. The maximum absolute atomic E-state index is 9.31. The summed E-state index contributed by atoms with van der Waals surface area (Å²) in [6.07, 6.45) is 1.91. The van der Waals surface area contributed by atoms with Gasteiger partial charge in [0.15, 0.2) is 0 Å². The summed E-state index contributed by atoms with van der Waals surface area (Å²) in [6.45, 7) is 0. The van der Waals surface area contributed by atoms with Gasteiger partial charge in [-0.25, -0.2) is 0 Å². The molecule has 0 bridgehead atoms. The Morgan fingerprint density at radius 1 is 1.05 bits per heavy atom. The van der Waals surface area contributed by atoms with E-state index in [2.05, 4.69) is 22.0 Å². The van der Waals surface area contributed by atoms with Gasteiger partial charge in [-0.2, -0.15) is 5.26 Å². The Bertz CT molecular complexity index is 647. The molecule has 0 unspecified atom stereocenters. The molecule has 20 heavy (non-hydrogen) atoms. The predicted molar refractivity (Wildman–Crippen MR) is 88.4 cm³/mol. The van der Waals surface area contributed by atoms with Gasteiger partial charge in [0.05, 0.1) is 11.6 Å². The first-order valence-electron chi connectivity index (χ1n) is 6.25. The normalized spacial score (nSPS) is 11.0. The van der Waals surface area contributed by atoms with Crippen molar-refractivity contribution >= 4 is 33.3 Å². The second kappa shape index (κ2) is 6.40. The maximum Gasteiger partial charge on any atom is 0.0998 e. The predicted octanol–water partition coefficient (Wildman–Crippen LogP) is 4.58. The van der Waals surface area contributed by atoms with Crippen LogP contribution in [-0.4, -0.2) is 14.1 Å². The smallest absolute Gasteiger partial charge is 0.0998 e. The number of benzene rings is 2. The van der Waals surface area contributed by atoms with Crippen molar-refractivity contribution in [3.8, 4) is 6.07 Å². The van der Waals surface area contributed by atoms with Gasteiger partial charge in [-0.1, -0.05) is 40.2 Å². The molecular weight excluding hydrogens is 312 g/mol. The first-order chi connectivity index (χ1) is 9.60. The van der Waals surface area contributed by atoms with Crippen LogP contribution in [0.1, 0.15) is 11.1 Å². The van der Waals surface area contributed by atoms with Gasteiger partial charge < -0.3 is 4.90 Å². The Labute approximate surface area is 128 Å². The molecule has 0 aliphatic rings. The van der Waals surface area contributed by atoms with Crippen LogP contribution in [0.3, 0.4) is 0 Å². The minimum absolute atomic E-state index is 0.662. The third kappa shape index (κ3) is 3.49. The standard InChI is InChI=1S/C17H15BrN2/c1-20(2)17-9-3-13(4-10-17)11-15(12-19)14-5-7-16(18)8-6-14/h3-11H,1-2H3. The van der Waals surface area contributed by atoms with Crippen LogP contribution in [-0.2, 0) is 0 Å². The van der Waals surface area contributed by atoms with Crippen LogP contribution >= 0.6 is 15.9 Å². The molecule has 0 saturated heterocycles. The molecule has 0 amide bonds. The molecule has 0 fully saturated rings. The summed E-state index contributed by atoms with van der Waals surface area (Å²) >= 11 is 3.40. The summed E-state index contributed by atoms with van der Waals surface area (Å²) in [6, 6.07) is 18.1. The molecule has 0 saturated carbocycles. The van der Waals surface area contributed by atoms with Crippen LogP contribution in [0.25, 0.3) is 11.6 Å². The number of hydrogen-bond donors (Lipinski definition) is 0. The van der Waals surface area contributed by atoms with Gasteiger partial charge in [-0.15, -0.1) is 0 Å². The van der Waals surface area contributed by atoms with Crippen LogP contribution < -0.4 is 4.90 Å². The Balaban J connectivity index is 2.31. The highest BCUT2D eigenvalue weighted by Gasteiger charge is 2.01. The van der Waals surface area contributed by atoms with Gasteiger partial charge in [0.1, 0.15) is 0 Å². The first kappa shape index (κ1) is 14.4. The highest BCUT2D eigenvalue weighted by atomic mass is 79.9. The van der Waals surface area contributed by atoms with Crippen LogP contribution in [0.4, 0.5) is 5.69 Å². The number of allylic oxidation sites excluding steroid dienone is 1. The largest absolute Gasteiger partial charge is 0.378 e.